The van der Waals surface area contributed by atoms with E-state index in [0.717, 1.165) is 6.42 Å². The first-order chi connectivity index (χ1) is 9.95. The summed E-state index contributed by atoms with van der Waals surface area (Å²) in [5.74, 6) is 0.495. The van der Waals surface area contributed by atoms with E-state index in [4.69, 9.17) is 12.2 Å². The summed E-state index contributed by atoms with van der Waals surface area (Å²) in [6.45, 7) is 5.78. The van der Waals surface area contributed by atoms with E-state index in [-0.39, 0.29) is 5.91 Å². The molecule has 1 aromatic heterocycles. The van der Waals surface area contributed by atoms with Crippen molar-refractivity contribution >= 4 is 29.2 Å². The molecule has 0 bridgehead atoms. The van der Waals surface area contributed by atoms with Gasteiger partial charge in [0.05, 0.1) is 16.6 Å². The van der Waals surface area contributed by atoms with Gasteiger partial charge >= 0.3 is 0 Å². The molecule has 0 aliphatic carbocycles. The number of aromatic nitrogens is 2. The van der Waals surface area contributed by atoms with Crippen molar-refractivity contribution in [3.63, 3.8) is 0 Å². The number of carbonyl (C=O) groups is 1. The third-order valence-corrected chi connectivity index (χ3v) is 4.65. The smallest absolute Gasteiger partial charge is 0.256 e. The number of hydrogen-bond donors (Lipinski definition) is 2. The number of piperidine rings is 1. The maximum Gasteiger partial charge on any atom is 0.256 e. The second kappa shape index (κ2) is 5.26. The standard InChI is InChI=1S/C15H18FN3OS/c1-8-3-4-19(7-9(8)2)14(20)11-5-10(16)6-12-13(11)18-15(21)17-12/h5-6,8-9H,3-4,7H2,1-2H3,(H2,17,18,21)/t8-,9-/m1/s1. The predicted octanol–water partition coefficient (Wildman–Crippen LogP) is 3.48. The lowest BCUT2D eigenvalue weighted by molar-refractivity contribution is 0.0629. The van der Waals surface area contributed by atoms with Crippen LogP contribution in [0.3, 0.4) is 0 Å². The minimum Gasteiger partial charge on any atom is -0.338 e. The Hall–Kier alpha value is -1.69. The monoisotopic (exact) mass is 307 g/mol. The predicted molar refractivity (Wildman–Crippen MR) is 82.3 cm³/mol. The van der Waals surface area contributed by atoms with Crippen LogP contribution in [0.1, 0.15) is 30.6 Å². The van der Waals surface area contributed by atoms with Crippen LogP contribution in [-0.2, 0) is 0 Å². The van der Waals surface area contributed by atoms with Crippen LogP contribution in [0, 0.1) is 22.4 Å². The number of amides is 1. The second-order valence-electron chi connectivity index (χ2n) is 5.95. The Morgan fingerprint density at radius 2 is 2.10 bits per heavy atom. The molecule has 0 unspecified atom stereocenters. The maximum atomic E-state index is 13.7. The molecule has 6 heteroatoms. The molecule has 0 spiro atoms. The summed E-state index contributed by atoms with van der Waals surface area (Å²) in [5, 5.41) is 0. The number of halogens is 1. The number of nitrogens with zero attached hydrogens (tertiary/aromatic N) is 1. The molecule has 1 amide bonds. The van der Waals surface area contributed by atoms with Crippen molar-refractivity contribution < 1.29 is 9.18 Å². The van der Waals surface area contributed by atoms with Crippen LogP contribution in [0.5, 0.6) is 0 Å². The van der Waals surface area contributed by atoms with E-state index in [9.17, 15) is 9.18 Å². The fourth-order valence-corrected chi connectivity index (χ4v) is 3.11. The Balaban J connectivity index is 2.00. The van der Waals surface area contributed by atoms with Crippen molar-refractivity contribution in [2.75, 3.05) is 13.1 Å². The molecule has 2 heterocycles. The molecule has 1 aliphatic rings. The van der Waals surface area contributed by atoms with Crippen molar-refractivity contribution in [2.45, 2.75) is 20.3 Å². The van der Waals surface area contributed by atoms with E-state index in [2.05, 4.69) is 23.8 Å². The summed E-state index contributed by atoms with van der Waals surface area (Å²) in [7, 11) is 0. The van der Waals surface area contributed by atoms with Gasteiger partial charge in [-0.05, 0) is 42.6 Å². The summed E-state index contributed by atoms with van der Waals surface area (Å²) in [6.07, 6.45) is 0.981. The molecule has 21 heavy (non-hydrogen) atoms. The van der Waals surface area contributed by atoms with Gasteiger partial charge in [0.2, 0.25) is 0 Å². The Kier molecular flexibility index (Phi) is 3.57. The van der Waals surface area contributed by atoms with Gasteiger partial charge in [0.1, 0.15) is 5.82 Å². The van der Waals surface area contributed by atoms with Crippen molar-refractivity contribution in [1.82, 2.24) is 14.9 Å². The summed E-state index contributed by atoms with van der Waals surface area (Å²) >= 11 is 5.03. The van der Waals surface area contributed by atoms with Crippen molar-refractivity contribution in [1.29, 1.82) is 0 Å². The lowest BCUT2D eigenvalue weighted by Gasteiger charge is -2.35. The third-order valence-electron chi connectivity index (χ3n) is 4.44. The molecule has 3 rings (SSSR count). The number of carbonyl (C=O) groups excluding carboxylic acids is 1. The van der Waals surface area contributed by atoms with Crippen LogP contribution in [0.25, 0.3) is 11.0 Å². The zero-order valence-corrected chi connectivity index (χ0v) is 12.9. The molecule has 4 nitrogen and oxygen atoms in total. The van der Waals surface area contributed by atoms with Crippen molar-refractivity contribution in [2.24, 2.45) is 11.8 Å². The van der Waals surface area contributed by atoms with E-state index in [1.54, 1.807) is 0 Å². The Morgan fingerprint density at radius 1 is 1.33 bits per heavy atom. The molecule has 1 aromatic carbocycles. The highest BCUT2D eigenvalue weighted by atomic mass is 32.1. The molecule has 1 aliphatic heterocycles. The highest BCUT2D eigenvalue weighted by Gasteiger charge is 2.28. The molecule has 0 radical (unpaired) electrons. The molecule has 2 atom stereocenters. The summed E-state index contributed by atoms with van der Waals surface area (Å²) in [5.41, 5.74) is 1.46. The third kappa shape index (κ3) is 2.60. The SMILES string of the molecule is C[C@@H]1CCN(C(=O)c2cc(F)cc3[nH]c(=S)[nH]c23)C[C@H]1C. The van der Waals surface area contributed by atoms with E-state index < -0.39 is 5.82 Å². The van der Waals surface area contributed by atoms with Crippen LogP contribution in [0.15, 0.2) is 12.1 Å². The Labute approximate surface area is 127 Å². The van der Waals surface area contributed by atoms with Crippen LogP contribution in [0.4, 0.5) is 4.39 Å². The van der Waals surface area contributed by atoms with Gasteiger partial charge in [-0.2, -0.15) is 0 Å². The Bertz CT molecular complexity index is 751. The number of benzene rings is 1. The van der Waals surface area contributed by atoms with Gasteiger partial charge in [0.25, 0.3) is 5.91 Å². The fraction of sp³-hybridized carbons (Fsp3) is 0.467. The van der Waals surface area contributed by atoms with Gasteiger partial charge in [-0.25, -0.2) is 4.39 Å². The number of aromatic amines is 2. The Morgan fingerprint density at radius 3 is 2.81 bits per heavy atom. The first-order valence-corrected chi connectivity index (χ1v) is 7.57. The molecule has 2 aromatic rings. The minimum absolute atomic E-state index is 0.136. The highest BCUT2D eigenvalue weighted by molar-refractivity contribution is 7.71. The summed E-state index contributed by atoms with van der Waals surface area (Å²) in [6, 6.07) is 2.63. The molecule has 0 saturated carbocycles. The van der Waals surface area contributed by atoms with Gasteiger partial charge in [-0.15, -0.1) is 0 Å². The zero-order chi connectivity index (χ0) is 15.1. The highest BCUT2D eigenvalue weighted by Crippen LogP contribution is 2.26. The van der Waals surface area contributed by atoms with Gasteiger partial charge < -0.3 is 14.9 Å². The average Bonchev–Trinajstić information content (AvgIpc) is 2.80. The summed E-state index contributed by atoms with van der Waals surface area (Å²) < 4.78 is 14.1. The average molecular weight is 307 g/mol. The first kappa shape index (κ1) is 14.3. The normalized spacial score (nSPS) is 22.7. The van der Waals surface area contributed by atoms with E-state index >= 15 is 0 Å². The lowest BCUT2D eigenvalue weighted by Crippen LogP contribution is -2.42. The molecular formula is C15H18FN3OS. The maximum absolute atomic E-state index is 13.7. The number of likely N-dealkylation sites (tertiary alicyclic amines) is 1. The first-order valence-electron chi connectivity index (χ1n) is 7.16. The van der Waals surface area contributed by atoms with Crippen LogP contribution >= 0.6 is 12.2 Å². The van der Waals surface area contributed by atoms with E-state index in [0.29, 0.717) is 46.3 Å². The zero-order valence-electron chi connectivity index (χ0n) is 12.1. The van der Waals surface area contributed by atoms with Crippen molar-refractivity contribution in [3.05, 3.63) is 28.3 Å². The number of H-pyrrole nitrogens is 2. The molecule has 112 valence electrons. The van der Waals surface area contributed by atoms with Gasteiger partial charge in [0, 0.05) is 13.1 Å². The number of fused-ring (bicyclic) bond motifs is 1. The lowest BCUT2D eigenvalue weighted by atomic mass is 9.88. The number of hydrogen-bond acceptors (Lipinski definition) is 2. The van der Waals surface area contributed by atoms with Crippen LogP contribution in [0.2, 0.25) is 0 Å². The number of imidazole rings is 1. The van der Waals surface area contributed by atoms with Gasteiger partial charge in [-0.1, -0.05) is 13.8 Å². The van der Waals surface area contributed by atoms with Gasteiger partial charge in [0.15, 0.2) is 4.77 Å². The second-order valence-corrected chi connectivity index (χ2v) is 6.36. The summed E-state index contributed by atoms with van der Waals surface area (Å²) in [4.78, 5) is 20.3. The van der Waals surface area contributed by atoms with Crippen molar-refractivity contribution in [3.8, 4) is 0 Å². The van der Waals surface area contributed by atoms with Crippen LogP contribution in [-0.4, -0.2) is 33.9 Å². The minimum atomic E-state index is -0.436. The molecule has 2 N–H and O–H groups in total. The van der Waals surface area contributed by atoms with Gasteiger partial charge in [-0.3, -0.25) is 4.79 Å². The quantitative estimate of drug-likeness (QED) is 0.793. The number of rotatable bonds is 1. The largest absolute Gasteiger partial charge is 0.338 e. The molecule has 1 saturated heterocycles. The topological polar surface area (TPSA) is 51.9 Å². The molecular weight excluding hydrogens is 289 g/mol. The van der Waals surface area contributed by atoms with Crippen LogP contribution < -0.4 is 0 Å². The molecule has 1 fully saturated rings. The van der Waals surface area contributed by atoms with E-state index in [1.165, 1.54) is 12.1 Å². The fourth-order valence-electron chi connectivity index (χ4n) is 2.89. The number of nitrogens with one attached hydrogen (secondary N) is 2. The van der Waals surface area contributed by atoms with E-state index in [1.807, 2.05) is 4.90 Å².